The highest BCUT2D eigenvalue weighted by Gasteiger charge is 2.19. The lowest BCUT2D eigenvalue weighted by molar-refractivity contribution is -0.128. The number of carbonyl (C=O) groups is 2. The minimum absolute atomic E-state index is 0.00650. The highest BCUT2D eigenvalue weighted by molar-refractivity contribution is 5.93. The lowest BCUT2D eigenvalue weighted by Gasteiger charge is -2.20. The number of hydrogen-bond donors (Lipinski definition) is 0. The molecule has 2 aromatic rings. The van der Waals surface area contributed by atoms with Crippen molar-refractivity contribution in [1.82, 2.24) is 9.80 Å². The lowest BCUT2D eigenvalue weighted by Crippen LogP contribution is -2.36. The predicted octanol–water partition coefficient (Wildman–Crippen LogP) is 3.47. The van der Waals surface area contributed by atoms with Crippen molar-refractivity contribution in [3.63, 3.8) is 0 Å². The first kappa shape index (κ1) is 18.6. The van der Waals surface area contributed by atoms with Gasteiger partial charge in [0.15, 0.2) is 0 Å². The summed E-state index contributed by atoms with van der Waals surface area (Å²) >= 11 is 0. The number of hydrogen-bond acceptors (Lipinski definition) is 2. The molecule has 0 radical (unpaired) electrons. The Kier molecular flexibility index (Phi) is 6.58. The second-order valence-electron chi connectivity index (χ2n) is 6.49. The van der Waals surface area contributed by atoms with E-state index in [0.717, 1.165) is 17.5 Å². The highest BCUT2D eigenvalue weighted by Crippen LogP contribution is 2.08. The van der Waals surface area contributed by atoms with E-state index in [2.05, 4.69) is 0 Å². The molecule has 138 valence electrons. The Balaban J connectivity index is 1.53. The maximum Gasteiger partial charge on any atom is 0.246 e. The average molecular weight is 360 g/mol. The van der Waals surface area contributed by atoms with Gasteiger partial charge in [0.1, 0.15) is 0 Å². The molecule has 4 nitrogen and oxygen atoms in total. The predicted molar refractivity (Wildman–Crippen MR) is 109 cm³/mol. The Morgan fingerprint density at radius 2 is 1.04 bits per heavy atom. The summed E-state index contributed by atoms with van der Waals surface area (Å²) in [5.41, 5.74) is 2.01. The summed E-state index contributed by atoms with van der Waals surface area (Å²) in [6.07, 6.45) is 7.68. The van der Waals surface area contributed by atoms with Crippen LogP contribution in [0.3, 0.4) is 0 Å². The van der Waals surface area contributed by atoms with E-state index in [1.54, 1.807) is 12.2 Å². The topological polar surface area (TPSA) is 40.6 Å². The van der Waals surface area contributed by atoms with Gasteiger partial charge in [-0.15, -0.1) is 0 Å². The summed E-state index contributed by atoms with van der Waals surface area (Å²) in [6.45, 7) is 2.46. The van der Waals surface area contributed by atoms with Crippen molar-refractivity contribution < 1.29 is 9.59 Å². The van der Waals surface area contributed by atoms with E-state index >= 15 is 0 Å². The van der Waals surface area contributed by atoms with Crippen LogP contribution in [0, 0.1) is 0 Å². The SMILES string of the molecule is O=C(/C=C\c1ccccc1)N1CCCN(C(=O)/C=C\c2ccccc2)CC1. The molecule has 1 saturated heterocycles. The van der Waals surface area contributed by atoms with Gasteiger partial charge in [0.05, 0.1) is 0 Å². The first-order valence-electron chi connectivity index (χ1n) is 9.26. The molecule has 2 amide bonds. The average Bonchev–Trinajstić information content (AvgIpc) is 2.98. The Labute approximate surface area is 160 Å². The fourth-order valence-corrected chi connectivity index (χ4v) is 3.03. The van der Waals surface area contributed by atoms with Crippen LogP contribution in [0.1, 0.15) is 17.5 Å². The summed E-state index contributed by atoms with van der Waals surface area (Å²) in [6, 6.07) is 19.5. The van der Waals surface area contributed by atoms with Crippen LogP contribution in [0.25, 0.3) is 12.2 Å². The smallest absolute Gasteiger partial charge is 0.246 e. The number of amides is 2. The van der Waals surface area contributed by atoms with Crippen molar-refractivity contribution in [2.75, 3.05) is 26.2 Å². The van der Waals surface area contributed by atoms with E-state index in [-0.39, 0.29) is 11.8 Å². The van der Waals surface area contributed by atoms with Gasteiger partial charge in [0.2, 0.25) is 11.8 Å². The molecule has 0 aromatic heterocycles. The molecule has 1 aliphatic rings. The van der Waals surface area contributed by atoms with Crippen molar-refractivity contribution >= 4 is 24.0 Å². The molecule has 0 spiro atoms. The van der Waals surface area contributed by atoms with E-state index in [1.807, 2.05) is 82.6 Å². The number of benzene rings is 2. The molecule has 1 fully saturated rings. The monoisotopic (exact) mass is 360 g/mol. The summed E-state index contributed by atoms with van der Waals surface area (Å²) in [5.74, 6) is -0.0130. The van der Waals surface area contributed by atoms with Crippen LogP contribution in [0.15, 0.2) is 72.8 Å². The Bertz CT molecular complexity index is 743. The quantitative estimate of drug-likeness (QED) is 0.784. The van der Waals surface area contributed by atoms with E-state index in [0.29, 0.717) is 26.2 Å². The Morgan fingerprint density at radius 3 is 1.44 bits per heavy atom. The Hall–Kier alpha value is -3.14. The summed E-state index contributed by atoms with van der Waals surface area (Å²) in [5, 5.41) is 0. The van der Waals surface area contributed by atoms with Crippen molar-refractivity contribution in [3.8, 4) is 0 Å². The van der Waals surface area contributed by atoms with Crippen LogP contribution in [0.4, 0.5) is 0 Å². The first-order chi connectivity index (χ1) is 13.2. The van der Waals surface area contributed by atoms with Gasteiger partial charge >= 0.3 is 0 Å². The lowest BCUT2D eigenvalue weighted by atomic mass is 10.2. The highest BCUT2D eigenvalue weighted by atomic mass is 16.2. The van der Waals surface area contributed by atoms with Crippen LogP contribution in [0.5, 0.6) is 0 Å². The van der Waals surface area contributed by atoms with E-state index in [1.165, 1.54) is 0 Å². The zero-order valence-corrected chi connectivity index (χ0v) is 15.3. The van der Waals surface area contributed by atoms with Gasteiger partial charge in [0.25, 0.3) is 0 Å². The minimum Gasteiger partial charge on any atom is -0.337 e. The largest absolute Gasteiger partial charge is 0.337 e. The van der Waals surface area contributed by atoms with E-state index in [4.69, 9.17) is 0 Å². The number of nitrogens with zero attached hydrogens (tertiary/aromatic N) is 2. The Morgan fingerprint density at radius 1 is 0.630 bits per heavy atom. The van der Waals surface area contributed by atoms with Crippen molar-refractivity contribution in [1.29, 1.82) is 0 Å². The standard InChI is InChI=1S/C23H24N2O2/c26-22(14-12-20-8-3-1-4-9-20)24-16-7-17-25(19-18-24)23(27)15-13-21-10-5-2-6-11-21/h1-6,8-15H,7,16-19H2/b14-12-,15-13-. The molecular formula is C23H24N2O2. The van der Waals surface area contributed by atoms with E-state index < -0.39 is 0 Å². The summed E-state index contributed by atoms with van der Waals surface area (Å²) in [7, 11) is 0. The maximum absolute atomic E-state index is 12.4. The molecule has 1 heterocycles. The second kappa shape index (κ2) is 9.53. The van der Waals surface area contributed by atoms with Crippen LogP contribution >= 0.6 is 0 Å². The summed E-state index contributed by atoms with van der Waals surface area (Å²) < 4.78 is 0. The van der Waals surface area contributed by atoms with Crippen molar-refractivity contribution in [2.24, 2.45) is 0 Å². The van der Waals surface area contributed by atoms with Gasteiger partial charge in [-0.2, -0.15) is 0 Å². The van der Waals surface area contributed by atoms with Crippen LogP contribution < -0.4 is 0 Å². The zero-order chi connectivity index (χ0) is 18.9. The molecule has 0 atom stereocenters. The fourth-order valence-electron chi connectivity index (χ4n) is 3.03. The molecular weight excluding hydrogens is 336 g/mol. The third-order valence-corrected chi connectivity index (χ3v) is 4.56. The van der Waals surface area contributed by atoms with Crippen LogP contribution in [-0.2, 0) is 9.59 Å². The van der Waals surface area contributed by atoms with Gasteiger partial charge in [-0.25, -0.2) is 0 Å². The number of rotatable bonds is 4. The van der Waals surface area contributed by atoms with Gasteiger partial charge in [-0.1, -0.05) is 60.7 Å². The van der Waals surface area contributed by atoms with Crippen LogP contribution in [-0.4, -0.2) is 47.8 Å². The third kappa shape index (κ3) is 5.68. The molecule has 3 rings (SSSR count). The first-order valence-corrected chi connectivity index (χ1v) is 9.26. The molecule has 0 bridgehead atoms. The van der Waals surface area contributed by atoms with Gasteiger partial charge in [-0.05, 0) is 29.7 Å². The molecule has 0 unspecified atom stereocenters. The molecule has 1 aliphatic heterocycles. The minimum atomic E-state index is -0.00650. The molecule has 0 aliphatic carbocycles. The van der Waals surface area contributed by atoms with E-state index in [9.17, 15) is 9.59 Å². The number of carbonyl (C=O) groups excluding carboxylic acids is 2. The fraction of sp³-hybridized carbons (Fsp3) is 0.217. The van der Waals surface area contributed by atoms with Crippen molar-refractivity contribution in [2.45, 2.75) is 6.42 Å². The molecule has 0 saturated carbocycles. The van der Waals surface area contributed by atoms with Crippen LogP contribution in [0.2, 0.25) is 0 Å². The third-order valence-electron chi connectivity index (χ3n) is 4.56. The van der Waals surface area contributed by atoms with Crippen molar-refractivity contribution in [3.05, 3.63) is 83.9 Å². The molecule has 2 aromatic carbocycles. The molecule has 4 heteroatoms. The molecule has 27 heavy (non-hydrogen) atoms. The van der Waals surface area contributed by atoms with Gasteiger partial charge in [0, 0.05) is 38.3 Å². The molecule has 0 N–H and O–H groups in total. The van der Waals surface area contributed by atoms with Gasteiger partial charge < -0.3 is 9.80 Å². The normalized spacial score (nSPS) is 15.3. The van der Waals surface area contributed by atoms with Gasteiger partial charge in [-0.3, -0.25) is 9.59 Å². The summed E-state index contributed by atoms with van der Waals surface area (Å²) in [4.78, 5) is 28.5. The zero-order valence-electron chi connectivity index (χ0n) is 15.3. The second-order valence-corrected chi connectivity index (χ2v) is 6.49. The maximum atomic E-state index is 12.4.